The molecule has 0 N–H and O–H groups in total. The fourth-order valence-electron chi connectivity index (χ4n) is 0.328. The van der Waals surface area contributed by atoms with E-state index in [0.717, 1.165) is 6.42 Å². The van der Waals surface area contributed by atoms with Gasteiger partial charge < -0.3 is 29.6 Å². The van der Waals surface area contributed by atoms with Crippen LogP contribution in [-0.4, -0.2) is 11.0 Å². The molecule has 0 heterocycles. The molecule has 1 nitrogen and oxygen atoms in total. The molecule has 0 aromatic rings. The third kappa shape index (κ3) is 9.11. The largest absolute Gasteiger partial charge is 1.00 e. The van der Waals surface area contributed by atoms with Crippen molar-refractivity contribution in [3.63, 3.8) is 0 Å². The van der Waals surface area contributed by atoms with Crippen molar-refractivity contribution in [3.8, 4) is 0 Å². The van der Waals surface area contributed by atoms with Crippen LogP contribution in [0.4, 0.5) is 0 Å². The Labute approximate surface area is 95.6 Å². The first kappa shape index (κ1) is 13.7. The van der Waals surface area contributed by atoms with Crippen molar-refractivity contribution in [2.24, 2.45) is 5.92 Å². The summed E-state index contributed by atoms with van der Waals surface area (Å²) in [6.45, 7) is 4.88. The molecule has 0 aliphatic rings. The van der Waals surface area contributed by atoms with Gasteiger partial charge in [-0.3, -0.25) is 0 Å². The number of ether oxygens (including phenoxy) is 1. The molecule has 54 valence electrons. The van der Waals surface area contributed by atoms with Crippen LogP contribution >= 0.6 is 12.2 Å². The quantitative estimate of drug-likeness (QED) is 0.314. The van der Waals surface area contributed by atoms with Gasteiger partial charge in [0.1, 0.15) is 0 Å². The van der Waals surface area contributed by atoms with E-state index in [4.69, 9.17) is 4.74 Å². The van der Waals surface area contributed by atoms with Gasteiger partial charge in [0.05, 0.1) is 6.61 Å². The van der Waals surface area contributed by atoms with E-state index in [1.54, 1.807) is 0 Å². The minimum absolute atomic E-state index is 0. The smallest absolute Gasteiger partial charge is 0.513 e. The summed E-state index contributed by atoms with van der Waals surface area (Å²) < 4.78 is 5.17. The van der Waals surface area contributed by atoms with E-state index in [2.05, 4.69) is 38.7 Å². The minimum Gasteiger partial charge on any atom is -0.513 e. The van der Waals surface area contributed by atoms with Gasteiger partial charge in [-0.05, 0) is 5.92 Å². The monoisotopic (exact) mass is 186 g/mol. The molecule has 0 fully saturated rings. The Hall–Kier alpha value is 1.11. The van der Waals surface area contributed by atoms with E-state index >= 15 is 0 Å². The maximum atomic E-state index is 4.94. The summed E-state index contributed by atoms with van der Waals surface area (Å²) in [5.74, 6) is 0.561. The van der Waals surface area contributed by atoms with Crippen LogP contribution in [0.5, 0.6) is 0 Å². The number of thiocarbonyl (C=S) groups is 1. The second-order valence-corrected chi connectivity index (χ2v) is 3.07. The molecule has 10 heavy (non-hydrogen) atoms. The molecule has 0 aliphatic heterocycles. The zero-order chi connectivity index (χ0) is 7.28. The number of hydrogen-bond acceptors (Lipinski definition) is 3. The minimum atomic E-state index is 0. The molecule has 0 spiro atoms. The van der Waals surface area contributed by atoms with E-state index in [-0.39, 0.29) is 33.9 Å². The fourth-order valence-corrected chi connectivity index (χ4v) is 0.464. The first-order valence-electron chi connectivity index (χ1n) is 3.00. The molecule has 0 aromatic carbocycles. The second kappa shape index (κ2) is 8.21. The van der Waals surface area contributed by atoms with Crippen LogP contribution in [0.25, 0.3) is 0 Å². The first-order valence-corrected chi connectivity index (χ1v) is 3.82. The first-order chi connectivity index (χ1) is 4.16. The molecule has 0 aliphatic carbocycles. The Bertz CT molecular complexity index is 97.7. The van der Waals surface area contributed by atoms with Gasteiger partial charge >= 0.3 is 29.6 Å². The Morgan fingerprint density at radius 3 is 2.50 bits per heavy atom. The summed E-state index contributed by atoms with van der Waals surface area (Å²) in [6.07, 6.45) is 1.11. The maximum Gasteiger partial charge on any atom is 1.00 e. The molecule has 0 saturated heterocycles. The van der Waals surface area contributed by atoms with E-state index in [1.807, 2.05) is 0 Å². The van der Waals surface area contributed by atoms with E-state index in [9.17, 15) is 0 Å². The van der Waals surface area contributed by atoms with Gasteiger partial charge in [-0.1, -0.05) is 20.3 Å². The maximum absolute atomic E-state index is 4.94. The van der Waals surface area contributed by atoms with Crippen molar-refractivity contribution in [1.82, 2.24) is 0 Å². The van der Waals surface area contributed by atoms with Gasteiger partial charge in [0.25, 0.3) is 0 Å². The molecule has 0 aromatic heterocycles. The van der Waals surface area contributed by atoms with Crippen molar-refractivity contribution in [3.05, 3.63) is 0 Å². The van der Waals surface area contributed by atoms with Crippen molar-refractivity contribution < 1.29 is 34.3 Å². The van der Waals surface area contributed by atoms with Crippen LogP contribution < -0.4 is 29.6 Å². The number of rotatable bonds is 3. The van der Waals surface area contributed by atoms with Gasteiger partial charge in [0.15, 0.2) is 0 Å². The normalized spacial score (nSPS) is 11.4. The van der Waals surface area contributed by atoms with Crippen molar-refractivity contribution in [2.45, 2.75) is 20.3 Å². The third-order valence-corrected chi connectivity index (χ3v) is 1.42. The summed E-state index contributed by atoms with van der Waals surface area (Å²) >= 11 is 9.11. The van der Waals surface area contributed by atoms with Crippen LogP contribution in [0.3, 0.4) is 0 Å². The van der Waals surface area contributed by atoms with Gasteiger partial charge in [-0.25, -0.2) is 0 Å². The topological polar surface area (TPSA) is 9.23 Å². The van der Waals surface area contributed by atoms with E-state index < -0.39 is 0 Å². The summed E-state index contributed by atoms with van der Waals surface area (Å²) in [4.78, 5) is 0. The van der Waals surface area contributed by atoms with Crippen molar-refractivity contribution in [2.75, 3.05) is 6.61 Å². The summed E-state index contributed by atoms with van der Waals surface area (Å²) in [5.41, 5.74) is 0. The third-order valence-electron chi connectivity index (χ3n) is 1.18. The Morgan fingerprint density at radius 2 is 2.20 bits per heavy atom. The van der Waals surface area contributed by atoms with Gasteiger partial charge in [0, 0.05) is 4.38 Å². The zero-order valence-electron chi connectivity index (χ0n) is 6.72. The molecule has 0 rings (SSSR count). The molecule has 0 bridgehead atoms. The predicted octanol–water partition coefficient (Wildman–Crippen LogP) is -1.12. The summed E-state index contributed by atoms with van der Waals surface area (Å²) in [6, 6.07) is 0. The molecule has 1 atom stereocenters. The summed E-state index contributed by atoms with van der Waals surface area (Å²) in [7, 11) is 0. The van der Waals surface area contributed by atoms with E-state index in [0.29, 0.717) is 12.5 Å². The molecule has 1 unspecified atom stereocenters. The summed E-state index contributed by atoms with van der Waals surface area (Å²) in [5, 5.41) is 0. The predicted molar refractivity (Wildman–Crippen MR) is 45.4 cm³/mol. The van der Waals surface area contributed by atoms with E-state index in [1.165, 1.54) is 0 Å². The van der Waals surface area contributed by atoms with Crippen molar-refractivity contribution in [1.29, 1.82) is 0 Å². The average molecular weight is 186 g/mol. The Balaban J connectivity index is 0. The molecular formula is C6H11NaOS2. The van der Waals surface area contributed by atoms with Crippen LogP contribution in [-0.2, 0) is 17.4 Å². The average Bonchev–Trinajstić information content (AvgIpc) is 1.83. The zero-order valence-corrected chi connectivity index (χ0v) is 10.3. The fraction of sp³-hybridized carbons (Fsp3) is 0.833. The number of hydrogen-bond donors (Lipinski definition) is 0. The molecular weight excluding hydrogens is 175 g/mol. The standard InChI is InChI=1S/C6H12OS2.Na/c1-3-5(2)4-7-6(8)9;/h5H,3-4H2,1-2H3,(H,8,9);/q;+1/p-1. The van der Waals surface area contributed by atoms with Gasteiger partial charge in [0.2, 0.25) is 0 Å². The van der Waals surface area contributed by atoms with Crippen LogP contribution in [0.1, 0.15) is 20.3 Å². The Kier molecular flexibility index (Phi) is 11.2. The molecule has 0 radical (unpaired) electrons. The molecule has 0 amide bonds. The van der Waals surface area contributed by atoms with Crippen molar-refractivity contribution >= 4 is 29.2 Å². The van der Waals surface area contributed by atoms with Gasteiger partial charge in [-0.2, -0.15) is 0 Å². The molecule has 0 saturated carbocycles. The SMILES string of the molecule is CCC(C)COC(=S)[S-].[Na+]. The molecule has 4 heteroatoms. The second-order valence-electron chi connectivity index (χ2n) is 2.07. The van der Waals surface area contributed by atoms with Crippen LogP contribution in [0.15, 0.2) is 0 Å². The Morgan fingerprint density at radius 1 is 1.70 bits per heavy atom. The van der Waals surface area contributed by atoms with Crippen LogP contribution in [0.2, 0.25) is 0 Å². The van der Waals surface area contributed by atoms with Gasteiger partial charge in [-0.15, -0.1) is 0 Å². The van der Waals surface area contributed by atoms with Crippen LogP contribution in [0, 0.1) is 5.92 Å².